The van der Waals surface area contributed by atoms with Gasteiger partial charge in [0.05, 0.1) is 0 Å². The molecule has 0 amide bonds. The van der Waals surface area contributed by atoms with Crippen LogP contribution in [0, 0.1) is 5.92 Å². The average molecular weight is 268 g/mol. The van der Waals surface area contributed by atoms with Crippen molar-refractivity contribution < 1.29 is 4.57 Å². The molecular weight excluding hydrogens is 252 g/mol. The first kappa shape index (κ1) is 10.8. The fraction of sp³-hybridized carbons (Fsp3) is 0.417. The van der Waals surface area contributed by atoms with Crippen LogP contribution in [-0.2, 0) is 7.05 Å². The molecule has 0 spiro atoms. The monoisotopic (exact) mass is 267 g/mol. The number of nitrogens with two attached hydrogens (primary N) is 1. The van der Waals surface area contributed by atoms with E-state index >= 15 is 0 Å². The quantitative estimate of drug-likeness (QED) is 0.565. The molecule has 2 N–H and O–H groups in total. The van der Waals surface area contributed by atoms with Gasteiger partial charge in [-0.25, -0.2) is 4.57 Å². The zero-order valence-corrected chi connectivity index (χ0v) is 10.6. The molecule has 2 unspecified atom stereocenters. The largest absolute Gasteiger partial charge is 0.318 e. The third-order valence-electron chi connectivity index (χ3n) is 3.00. The number of hydrogen-bond acceptors (Lipinski definition) is 1. The molecule has 2 nitrogen and oxygen atoms in total. The Bertz CT molecular complexity index is 401. The van der Waals surface area contributed by atoms with Gasteiger partial charge in [-0.05, 0) is 12.0 Å². The van der Waals surface area contributed by atoms with Gasteiger partial charge in [0.15, 0.2) is 6.20 Å². The molecule has 0 saturated heterocycles. The molecule has 1 heterocycles. The highest BCUT2D eigenvalue weighted by atomic mass is 79.9. The Morgan fingerprint density at radius 1 is 1.47 bits per heavy atom. The van der Waals surface area contributed by atoms with E-state index in [-0.39, 0.29) is 6.04 Å². The number of halogens is 1. The van der Waals surface area contributed by atoms with Gasteiger partial charge in [0.1, 0.15) is 13.1 Å². The Morgan fingerprint density at radius 2 is 2.20 bits per heavy atom. The highest BCUT2D eigenvalue weighted by Crippen LogP contribution is 2.31. The van der Waals surface area contributed by atoms with Gasteiger partial charge in [-0.3, -0.25) is 0 Å². The van der Waals surface area contributed by atoms with Gasteiger partial charge in [0, 0.05) is 16.5 Å². The van der Waals surface area contributed by atoms with E-state index in [0.717, 1.165) is 0 Å². The number of allylic oxidation sites excluding steroid dienone is 1. The fourth-order valence-electron chi connectivity index (χ4n) is 2.05. The zero-order valence-electron chi connectivity index (χ0n) is 9.02. The minimum Gasteiger partial charge on any atom is -0.318 e. The molecule has 1 aliphatic carbocycles. The zero-order chi connectivity index (χ0) is 11.0. The van der Waals surface area contributed by atoms with Crippen LogP contribution >= 0.6 is 15.9 Å². The smallest absolute Gasteiger partial charge is 0.206 e. The van der Waals surface area contributed by atoms with Crippen molar-refractivity contribution in [2.45, 2.75) is 17.8 Å². The summed E-state index contributed by atoms with van der Waals surface area (Å²) >= 11 is 3.68. The first-order valence-electron chi connectivity index (χ1n) is 5.17. The molecule has 0 radical (unpaired) electrons. The minimum absolute atomic E-state index is 0.0381. The first-order valence-corrected chi connectivity index (χ1v) is 6.09. The summed E-state index contributed by atoms with van der Waals surface area (Å²) in [6, 6.07) is 4.20. The molecule has 1 aromatic heterocycles. The van der Waals surface area contributed by atoms with Crippen molar-refractivity contribution in [1.29, 1.82) is 0 Å². The van der Waals surface area contributed by atoms with Crippen molar-refractivity contribution in [3.63, 3.8) is 0 Å². The second kappa shape index (κ2) is 4.06. The summed E-state index contributed by atoms with van der Waals surface area (Å²) in [5, 5.41) is 0. The summed E-state index contributed by atoms with van der Waals surface area (Å²) in [4.78, 5) is 0.295. The van der Waals surface area contributed by atoms with Crippen molar-refractivity contribution in [3.8, 4) is 0 Å². The van der Waals surface area contributed by atoms with E-state index in [2.05, 4.69) is 51.7 Å². The minimum atomic E-state index is 0.0381. The van der Waals surface area contributed by atoms with Crippen molar-refractivity contribution in [2.24, 2.45) is 18.7 Å². The van der Waals surface area contributed by atoms with Crippen LogP contribution in [0.5, 0.6) is 0 Å². The Kier molecular flexibility index (Phi) is 2.94. The van der Waals surface area contributed by atoms with Crippen LogP contribution in [-0.4, -0.2) is 4.83 Å². The lowest BCUT2D eigenvalue weighted by Gasteiger charge is -2.18. The molecule has 1 aliphatic rings. The van der Waals surface area contributed by atoms with Gasteiger partial charge >= 0.3 is 0 Å². The number of fused-ring (bicyclic) bond motifs is 1. The van der Waals surface area contributed by atoms with Gasteiger partial charge in [-0.1, -0.05) is 35.0 Å². The summed E-state index contributed by atoms with van der Waals surface area (Å²) < 4.78 is 2.11. The van der Waals surface area contributed by atoms with E-state index in [0.29, 0.717) is 10.7 Å². The Labute approximate surface area is 98.9 Å². The van der Waals surface area contributed by atoms with E-state index in [1.807, 2.05) is 13.2 Å². The van der Waals surface area contributed by atoms with Crippen molar-refractivity contribution >= 4 is 22.0 Å². The molecule has 2 rings (SSSR count). The maximum Gasteiger partial charge on any atom is 0.206 e. The molecule has 1 aromatic rings. The topological polar surface area (TPSA) is 29.9 Å². The Hall–Kier alpha value is -0.670. The van der Waals surface area contributed by atoms with Crippen LogP contribution in [0.15, 0.2) is 24.4 Å². The molecule has 0 aromatic carbocycles. The van der Waals surface area contributed by atoms with Crippen LogP contribution in [0.2, 0.25) is 0 Å². The van der Waals surface area contributed by atoms with Gasteiger partial charge < -0.3 is 5.73 Å². The summed E-state index contributed by atoms with van der Waals surface area (Å²) in [5.41, 5.74) is 8.69. The number of alkyl halides is 1. The number of hydrogen-bond donors (Lipinski definition) is 1. The molecule has 15 heavy (non-hydrogen) atoms. The lowest BCUT2D eigenvalue weighted by atomic mass is 10.0. The van der Waals surface area contributed by atoms with Crippen LogP contribution in [0.4, 0.5) is 0 Å². The van der Waals surface area contributed by atoms with E-state index in [4.69, 9.17) is 5.73 Å². The maximum absolute atomic E-state index is 6.27. The average Bonchev–Trinajstić information content (AvgIpc) is 2.32. The normalized spacial score (nSPS) is 29.7. The molecule has 3 atom stereocenters. The highest BCUT2D eigenvalue weighted by molar-refractivity contribution is 9.09. The molecule has 0 bridgehead atoms. The number of rotatable bonds is 0. The molecule has 0 aliphatic heterocycles. The fourth-order valence-corrected chi connectivity index (χ4v) is 2.48. The number of aryl methyl sites for hydroxylation is 1. The maximum atomic E-state index is 6.27. The molecule has 80 valence electrons. The van der Waals surface area contributed by atoms with Crippen molar-refractivity contribution in [2.75, 3.05) is 0 Å². The number of aromatic nitrogens is 1. The van der Waals surface area contributed by atoms with Crippen molar-refractivity contribution in [3.05, 3.63) is 35.7 Å². The standard InChI is InChI=1S/C12H16BrN2/c1-8-5-6-9-4-3-7-15(2)12(9)11(14)10(8)13/h3-8,10-11H,14H2,1-2H3/q+1/t8?,10-,11?/m1/s1. The van der Waals surface area contributed by atoms with E-state index in [1.165, 1.54) is 11.3 Å². The highest BCUT2D eigenvalue weighted by Gasteiger charge is 2.31. The molecule has 3 heteroatoms. The molecular formula is C12H16BrN2+. The van der Waals surface area contributed by atoms with Gasteiger partial charge in [-0.2, -0.15) is 0 Å². The third-order valence-corrected chi connectivity index (χ3v) is 4.41. The Balaban J connectivity index is 2.57. The van der Waals surface area contributed by atoms with Gasteiger partial charge in [0.25, 0.3) is 0 Å². The van der Waals surface area contributed by atoms with E-state index in [9.17, 15) is 0 Å². The van der Waals surface area contributed by atoms with Gasteiger partial charge in [-0.15, -0.1) is 0 Å². The lowest BCUT2D eigenvalue weighted by molar-refractivity contribution is -0.680. The predicted octanol–water partition coefficient (Wildman–Crippen LogP) is 1.94. The summed E-state index contributed by atoms with van der Waals surface area (Å²) in [5.74, 6) is 0.451. The van der Waals surface area contributed by atoms with Crippen LogP contribution < -0.4 is 10.3 Å². The Morgan fingerprint density at radius 3 is 2.93 bits per heavy atom. The first-order chi connectivity index (χ1) is 7.11. The van der Waals surface area contributed by atoms with Gasteiger partial charge in [0.2, 0.25) is 5.69 Å². The SMILES string of the molecule is CC1C=Cc2ccc[n+](C)c2C(N)[C@@H]1Br. The third kappa shape index (κ3) is 1.86. The van der Waals surface area contributed by atoms with E-state index in [1.54, 1.807) is 0 Å². The van der Waals surface area contributed by atoms with Crippen LogP contribution in [0.25, 0.3) is 6.08 Å². The lowest BCUT2D eigenvalue weighted by Crippen LogP contribution is -2.41. The van der Waals surface area contributed by atoms with Crippen LogP contribution in [0.1, 0.15) is 24.2 Å². The predicted molar refractivity (Wildman–Crippen MR) is 65.5 cm³/mol. The second-order valence-corrected chi connectivity index (χ2v) is 5.21. The summed E-state index contributed by atoms with van der Waals surface area (Å²) in [6.07, 6.45) is 6.43. The second-order valence-electron chi connectivity index (χ2n) is 4.15. The van der Waals surface area contributed by atoms with Crippen molar-refractivity contribution in [1.82, 2.24) is 0 Å². The molecule has 0 saturated carbocycles. The van der Waals surface area contributed by atoms with E-state index < -0.39 is 0 Å². The number of nitrogens with zero attached hydrogens (tertiary/aromatic N) is 1. The summed E-state index contributed by atoms with van der Waals surface area (Å²) in [6.45, 7) is 2.18. The molecule has 0 fully saturated rings. The van der Waals surface area contributed by atoms with Crippen LogP contribution in [0.3, 0.4) is 0 Å². The number of pyridine rings is 1. The summed E-state index contributed by atoms with van der Waals surface area (Å²) in [7, 11) is 2.04.